The Morgan fingerprint density at radius 1 is 0.323 bits per heavy atom. The van der Waals surface area contributed by atoms with Crippen LogP contribution in [0.1, 0.15) is 22.3 Å². The number of rotatable bonds is 4. The number of fused-ring (bicyclic) bond motifs is 14. The quantitative estimate of drug-likeness (QED) is 0.167. The van der Waals surface area contributed by atoms with Crippen LogP contribution in [0, 0.1) is 0 Å². The molecule has 4 heteroatoms. The largest absolute Gasteiger partial charge is 0.457 e. The first-order chi connectivity index (χ1) is 30.7. The van der Waals surface area contributed by atoms with Gasteiger partial charge in [0.25, 0.3) is 0 Å². The molecule has 0 amide bonds. The Bertz CT molecular complexity index is 3560. The average molecular weight is 790 g/mol. The molecule has 13 rings (SSSR count). The molecule has 288 valence electrons. The second-order valence-corrected chi connectivity index (χ2v) is 16.2. The molecule has 0 atom stereocenters. The standard InChI is InChI=1S/C58H35N3O/c1-4-16-36(17-5-1)55-42-30-31-47-54(41-22-10-11-23-44(41)58(47)45-24-12-14-26-51(45)62-52-27-15-13-25-46(52)58)53(42)43-34-39(28-32-48(43)59-55)40-29-33-49-50(35-40)61-57(38-20-8-3-9-21-38)56(60-49)37-18-6-2-7-19-37/h1-35H. The summed E-state index contributed by atoms with van der Waals surface area (Å²) in [5, 5.41) is 3.41. The Kier molecular flexibility index (Phi) is 7.49. The van der Waals surface area contributed by atoms with Crippen molar-refractivity contribution in [3.05, 3.63) is 235 Å². The van der Waals surface area contributed by atoms with Crippen LogP contribution >= 0.6 is 0 Å². The van der Waals surface area contributed by atoms with Crippen molar-refractivity contribution in [2.45, 2.75) is 5.41 Å². The van der Waals surface area contributed by atoms with Gasteiger partial charge in [-0.1, -0.05) is 176 Å². The van der Waals surface area contributed by atoms with Gasteiger partial charge < -0.3 is 4.74 Å². The molecule has 0 bridgehead atoms. The molecule has 2 aliphatic rings. The maximum atomic E-state index is 6.67. The minimum Gasteiger partial charge on any atom is -0.457 e. The zero-order chi connectivity index (χ0) is 40.8. The van der Waals surface area contributed by atoms with E-state index in [0.29, 0.717) is 0 Å². The fourth-order valence-electron chi connectivity index (χ4n) is 10.3. The van der Waals surface area contributed by atoms with Gasteiger partial charge in [0.1, 0.15) is 11.5 Å². The van der Waals surface area contributed by atoms with E-state index in [2.05, 4.69) is 200 Å². The van der Waals surface area contributed by atoms with E-state index in [9.17, 15) is 0 Å². The number of ether oxygens (including phenoxy) is 1. The van der Waals surface area contributed by atoms with Crippen molar-refractivity contribution in [2.24, 2.45) is 0 Å². The summed E-state index contributed by atoms with van der Waals surface area (Å²) in [7, 11) is 0. The number of hydrogen-bond donors (Lipinski definition) is 0. The smallest absolute Gasteiger partial charge is 0.132 e. The molecule has 62 heavy (non-hydrogen) atoms. The summed E-state index contributed by atoms with van der Waals surface area (Å²) in [4.78, 5) is 16.0. The van der Waals surface area contributed by atoms with Crippen molar-refractivity contribution in [1.29, 1.82) is 0 Å². The Hall–Kier alpha value is -8.21. The lowest BCUT2D eigenvalue weighted by molar-refractivity contribution is 0.436. The van der Waals surface area contributed by atoms with Crippen molar-refractivity contribution in [1.82, 2.24) is 15.0 Å². The molecule has 0 fully saturated rings. The van der Waals surface area contributed by atoms with E-state index in [-0.39, 0.29) is 0 Å². The SMILES string of the molecule is c1ccc(-c2nc3ccc(-c4ccc5nc(-c6ccccc6)c6ccc7c(c6c5c4)-c4ccccc4C74c5ccccc5Oc5ccccc54)cc3nc2-c2ccccc2)cc1. The molecule has 0 radical (unpaired) electrons. The lowest BCUT2D eigenvalue weighted by atomic mass is 9.66. The first-order valence-corrected chi connectivity index (χ1v) is 21.1. The number of para-hydroxylation sites is 2. The minimum atomic E-state index is -0.586. The van der Waals surface area contributed by atoms with E-state index in [1.54, 1.807) is 0 Å². The average Bonchev–Trinajstić information content (AvgIpc) is 3.64. The van der Waals surface area contributed by atoms with Gasteiger partial charge in [-0.25, -0.2) is 15.0 Å². The molecule has 0 unspecified atom stereocenters. The number of benzene rings is 9. The number of pyridine rings is 1. The van der Waals surface area contributed by atoms with Crippen LogP contribution in [0.5, 0.6) is 11.5 Å². The van der Waals surface area contributed by atoms with E-state index in [0.717, 1.165) is 94.8 Å². The van der Waals surface area contributed by atoms with E-state index >= 15 is 0 Å². The van der Waals surface area contributed by atoms with Crippen molar-refractivity contribution in [2.75, 3.05) is 0 Å². The Morgan fingerprint density at radius 2 is 0.823 bits per heavy atom. The van der Waals surface area contributed by atoms with Crippen LogP contribution in [-0.2, 0) is 5.41 Å². The van der Waals surface area contributed by atoms with Crippen molar-refractivity contribution in [3.8, 4) is 67.5 Å². The summed E-state index contributed by atoms with van der Waals surface area (Å²) in [5.41, 5.74) is 17.3. The third-order valence-electron chi connectivity index (χ3n) is 12.9. The van der Waals surface area contributed by atoms with Gasteiger partial charge in [0.15, 0.2) is 0 Å². The summed E-state index contributed by atoms with van der Waals surface area (Å²) in [6.07, 6.45) is 0. The highest BCUT2D eigenvalue weighted by Gasteiger charge is 2.51. The third-order valence-corrected chi connectivity index (χ3v) is 12.9. The highest BCUT2D eigenvalue weighted by molar-refractivity contribution is 6.20. The van der Waals surface area contributed by atoms with E-state index in [1.165, 1.54) is 27.6 Å². The summed E-state index contributed by atoms with van der Waals surface area (Å²) >= 11 is 0. The number of hydrogen-bond acceptors (Lipinski definition) is 4. The molecule has 3 heterocycles. The molecule has 1 aliphatic heterocycles. The lowest BCUT2D eigenvalue weighted by Crippen LogP contribution is -2.32. The van der Waals surface area contributed by atoms with Gasteiger partial charge in [0.05, 0.1) is 39.0 Å². The van der Waals surface area contributed by atoms with Crippen LogP contribution in [0.15, 0.2) is 212 Å². The molecule has 0 N–H and O–H groups in total. The van der Waals surface area contributed by atoms with Gasteiger partial charge >= 0.3 is 0 Å². The molecular weight excluding hydrogens is 755 g/mol. The normalized spacial score (nSPS) is 13.1. The van der Waals surface area contributed by atoms with Crippen LogP contribution in [0.25, 0.3) is 88.7 Å². The van der Waals surface area contributed by atoms with Crippen LogP contribution in [-0.4, -0.2) is 15.0 Å². The van der Waals surface area contributed by atoms with Gasteiger partial charge in [-0.15, -0.1) is 0 Å². The van der Waals surface area contributed by atoms with Crippen molar-refractivity contribution < 1.29 is 4.74 Å². The number of nitrogens with zero attached hydrogens (tertiary/aromatic N) is 3. The summed E-state index contributed by atoms with van der Waals surface area (Å²) < 4.78 is 6.67. The molecule has 1 aliphatic carbocycles. The molecule has 1 spiro atoms. The van der Waals surface area contributed by atoms with Gasteiger partial charge in [0, 0.05) is 44.0 Å². The van der Waals surface area contributed by atoms with Crippen LogP contribution in [0.3, 0.4) is 0 Å². The molecule has 0 saturated heterocycles. The third kappa shape index (κ3) is 4.98. The predicted octanol–water partition coefficient (Wildman–Crippen LogP) is 14.5. The van der Waals surface area contributed by atoms with Gasteiger partial charge in [-0.3, -0.25) is 0 Å². The number of aromatic nitrogens is 3. The summed E-state index contributed by atoms with van der Waals surface area (Å²) in [5.74, 6) is 1.76. The topological polar surface area (TPSA) is 47.9 Å². The first kappa shape index (κ1) is 34.6. The molecule has 0 saturated carbocycles. The Labute approximate surface area is 358 Å². The Balaban J connectivity index is 1.09. The summed E-state index contributed by atoms with van der Waals surface area (Å²) in [6, 6.07) is 75.2. The molecule has 4 nitrogen and oxygen atoms in total. The molecule has 9 aromatic carbocycles. The molecule has 2 aromatic heterocycles. The minimum absolute atomic E-state index is 0.586. The van der Waals surface area contributed by atoms with E-state index in [1.807, 2.05) is 12.1 Å². The van der Waals surface area contributed by atoms with Crippen LogP contribution < -0.4 is 4.74 Å². The fourth-order valence-corrected chi connectivity index (χ4v) is 10.3. The van der Waals surface area contributed by atoms with Gasteiger partial charge in [-0.05, 0) is 69.8 Å². The van der Waals surface area contributed by atoms with Crippen LogP contribution in [0.2, 0.25) is 0 Å². The highest BCUT2D eigenvalue weighted by Crippen LogP contribution is 2.63. The molecule has 11 aromatic rings. The van der Waals surface area contributed by atoms with Crippen molar-refractivity contribution >= 4 is 32.7 Å². The summed E-state index contributed by atoms with van der Waals surface area (Å²) in [6.45, 7) is 0. The molecular formula is C58H35N3O. The lowest BCUT2D eigenvalue weighted by Gasteiger charge is -2.39. The van der Waals surface area contributed by atoms with Gasteiger partial charge in [-0.2, -0.15) is 0 Å². The second-order valence-electron chi connectivity index (χ2n) is 16.2. The Morgan fingerprint density at radius 3 is 1.47 bits per heavy atom. The van der Waals surface area contributed by atoms with Gasteiger partial charge in [0.2, 0.25) is 0 Å². The highest BCUT2D eigenvalue weighted by atomic mass is 16.5. The zero-order valence-corrected chi connectivity index (χ0v) is 33.5. The first-order valence-electron chi connectivity index (χ1n) is 21.1. The fraction of sp³-hybridized carbons (Fsp3) is 0.0172. The van der Waals surface area contributed by atoms with Crippen molar-refractivity contribution in [3.63, 3.8) is 0 Å². The van der Waals surface area contributed by atoms with E-state index < -0.39 is 5.41 Å². The second kappa shape index (κ2) is 13.4. The maximum Gasteiger partial charge on any atom is 0.132 e. The maximum absolute atomic E-state index is 6.67. The van der Waals surface area contributed by atoms with E-state index in [4.69, 9.17) is 19.7 Å². The monoisotopic (exact) mass is 789 g/mol. The zero-order valence-electron chi connectivity index (χ0n) is 33.5. The predicted molar refractivity (Wildman–Crippen MR) is 251 cm³/mol. The van der Waals surface area contributed by atoms with Crippen LogP contribution in [0.4, 0.5) is 0 Å².